The summed E-state index contributed by atoms with van der Waals surface area (Å²) in [6.45, 7) is 3.86. The molecule has 0 saturated carbocycles. The number of nitrogens with two attached hydrogens (primary N) is 1. The highest BCUT2D eigenvalue weighted by Gasteiger charge is 2.12. The molecule has 0 amide bonds. The van der Waals surface area contributed by atoms with E-state index >= 15 is 0 Å². The van der Waals surface area contributed by atoms with Crippen molar-refractivity contribution in [2.24, 2.45) is 5.73 Å². The van der Waals surface area contributed by atoms with Gasteiger partial charge in [-0.15, -0.1) is 5.26 Å². The molecular weight excluding hydrogens is 204 g/mol. The predicted octanol–water partition coefficient (Wildman–Crippen LogP) is 2.22. The molecule has 1 unspecified atom stereocenters. The highest BCUT2D eigenvalue weighted by atomic mass is 16.5. The van der Waals surface area contributed by atoms with E-state index in [4.69, 9.17) is 15.7 Å². The molecule has 0 aliphatic rings. The minimum absolute atomic E-state index is 0.0350. The first-order chi connectivity index (χ1) is 7.60. The van der Waals surface area contributed by atoms with Crippen molar-refractivity contribution in [3.63, 3.8) is 0 Å². The van der Waals surface area contributed by atoms with Crippen LogP contribution in [0.4, 0.5) is 0 Å². The van der Waals surface area contributed by atoms with E-state index in [9.17, 15) is 5.11 Å². The molecule has 1 aromatic carbocycles. The highest BCUT2D eigenvalue weighted by Crippen LogP contribution is 2.33. The van der Waals surface area contributed by atoms with Crippen molar-refractivity contribution < 1.29 is 9.84 Å². The Bertz CT molecular complexity index is 408. The third kappa shape index (κ3) is 2.65. The predicted molar refractivity (Wildman–Crippen MR) is 60.9 cm³/mol. The third-order valence-corrected chi connectivity index (χ3v) is 2.38. The Morgan fingerprint density at radius 3 is 2.75 bits per heavy atom. The molecule has 0 fully saturated rings. The summed E-state index contributed by atoms with van der Waals surface area (Å²) in [5.41, 5.74) is 7.39. The number of aromatic hydroxyl groups is 1. The molecule has 1 aromatic rings. The Hall–Kier alpha value is -1.73. The molecule has 4 heteroatoms. The molecule has 0 heterocycles. The van der Waals surface area contributed by atoms with E-state index in [-0.39, 0.29) is 17.5 Å². The van der Waals surface area contributed by atoms with Gasteiger partial charge in [0.15, 0.2) is 11.5 Å². The minimum atomic E-state index is -0.155. The summed E-state index contributed by atoms with van der Waals surface area (Å²) in [4.78, 5) is 0. The number of aryl methyl sites for hydroxylation is 1. The number of benzene rings is 1. The van der Waals surface area contributed by atoms with Crippen LogP contribution in [-0.2, 0) is 6.42 Å². The number of hydrogen-bond acceptors (Lipinski definition) is 4. The molecule has 4 nitrogen and oxygen atoms in total. The number of nitrogens with zero attached hydrogens (tertiary/aromatic N) is 1. The Morgan fingerprint density at radius 1 is 1.56 bits per heavy atom. The van der Waals surface area contributed by atoms with Gasteiger partial charge < -0.3 is 15.6 Å². The number of rotatable bonds is 4. The van der Waals surface area contributed by atoms with Crippen molar-refractivity contribution in [2.75, 3.05) is 0 Å². The summed E-state index contributed by atoms with van der Waals surface area (Å²) in [6.07, 6.45) is 3.19. The standard InChI is InChI=1S/C12H16N2O2/c1-3-4-9-5-10(8(2)14)6-11(12(9)15)16-7-13/h5-6,8,15H,3-4,14H2,1-2H3. The molecule has 0 spiro atoms. The van der Waals surface area contributed by atoms with Gasteiger partial charge in [0.25, 0.3) is 6.26 Å². The van der Waals surface area contributed by atoms with Gasteiger partial charge in [0, 0.05) is 6.04 Å². The normalized spacial score (nSPS) is 11.9. The fraction of sp³-hybridized carbons (Fsp3) is 0.417. The molecule has 1 rings (SSSR count). The molecule has 0 saturated heterocycles. The molecule has 0 radical (unpaired) electrons. The van der Waals surface area contributed by atoms with Crippen LogP contribution in [0.3, 0.4) is 0 Å². The molecule has 0 aliphatic carbocycles. The SMILES string of the molecule is CCCc1cc(C(C)N)cc(OC#N)c1O. The maximum atomic E-state index is 9.84. The number of phenols is 1. The Kier molecular flexibility index (Phi) is 4.15. The zero-order chi connectivity index (χ0) is 12.1. The van der Waals surface area contributed by atoms with Crippen LogP contribution in [0.1, 0.15) is 37.4 Å². The van der Waals surface area contributed by atoms with Crippen LogP contribution in [0.5, 0.6) is 11.5 Å². The average Bonchev–Trinajstić information content (AvgIpc) is 2.24. The lowest BCUT2D eigenvalue weighted by Crippen LogP contribution is -2.06. The van der Waals surface area contributed by atoms with Gasteiger partial charge in [-0.25, -0.2) is 0 Å². The smallest absolute Gasteiger partial charge is 0.292 e. The zero-order valence-electron chi connectivity index (χ0n) is 9.53. The number of phenolic OH excluding ortho intramolecular Hbond substituents is 1. The lowest BCUT2D eigenvalue weighted by Gasteiger charge is -2.12. The average molecular weight is 220 g/mol. The number of ether oxygens (including phenoxy) is 1. The van der Waals surface area contributed by atoms with E-state index in [1.165, 1.54) is 0 Å². The lowest BCUT2D eigenvalue weighted by molar-refractivity contribution is 0.414. The van der Waals surface area contributed by atoms with E-state index < -0.39 is 0 Å². The van der Waals surface area contributed by atoms with Crippen molar-refractivity contribution in [3.05, 3.63) is 23.3 Å². The summed E-state index contributed by atoms with van der Waals surface area (Å²) < 4.78 is 4.71. The first-order valence-corrected chi connectivity index (χ1v) is 5.27. The summed E-state index contributed by atoms with van der Waals surface area (Å²) in [7, 11) is 0. The zero-order valence-corrected chi connectivity index (χ0v) is 9.53. The van der Waals surface area contributed by atoms with Gasteiger partial charge in [0.1, 0.15) is 0 Å². The summed E-state index contributed by atoms with van der Waals surface area (Å²) in [6, 6.07) is 3.30. The van der Waals surface area contributed by atoms with Crippen LogP contribution >= 0.6 is 0 Å². The fourth-order valence-corrected chi connectivity index (χ4v) is 1.54. The molecule has 16 heavy (non-hydrogen) atoms. The van der Waals surface area contributed by atoms with Crippen molar-refractivity contribution in [3.8, 4) is 17.8 Å². The quantitative estimate of drug-likeness (QED) is 0.762. The maximum absolute atomic E-state index is 9.84. The van der Waals surface area contributed by atoms with Crippen LogP contribution in [0, 0.1) is 11.5 Å². The van der Waals surface area contributed by atoms with Crippen LogP contribution in [0.15, 0.2) is 12.1 Å². The van der Waals surface area contributed by atoms with Gasteiger partial charge in [0.05, 0.1) is 0 Å². The summed E-state index contributed by atoms with van der Waals surface area (Å²) >= 11 is 0. The first-order valence-electron chi connectivity index (χ1n) is 5.27. The molecule has 0 aliphatic heterocycles. The van der Waals surface area contributed by atoms with Gasteiger partial charge in [0.2, 0.25) is 0 Å². The van der Waals surface area contributed by atoms with Crippen molar-refractivity contribution in [2.45, 2.75) is 32.7 Å². The second-order valence-electron chi connectivity index (χ2n) is 3.76. The third-order valence-electron chi connectivity index (χ3n) is 2.38. The van der Waals surface area contributed by atoms with Gasteiger partial charge in [-0.1, -0.05) is 19.4 Å². The summed E-state index contributed by atoms with van der Waals surface area (Å²) in [5, 5.41) is 18.3. The molecule has 0 bridgehead atoms. The van der Waals surface area contributed by atoms with Crippen molar-refractivity contribution in [1.29, 1.82) is 5.26 Å². The van der Waals surface area contributed by atoms with E-state index in [1.807, 2.05) is 19.9 Å². The number of hydrogen-bond donors (Lipinski definition) is 2. The summed E-state index contributed by atoms with van der Waals surface area (Å²) in [5.74, 6) is 0.216. The largest absolute Gasteiger partial charge is 0.504 e. The van der Waals surface area contributed by atoms with E-state index in [0.717, 1.165) is 24.0 Å². The van der Waals surface area contributed by atoms with Crippen LogP contribution < -0.4 is 10.5 Å². The highest BCUT2D eigenvalue weighted by molar-refractivity contribution is 5.49. The van der Waals surface area contributed by atoms with E-state index in [1.54, 1.807) is 12.3 Å². The molecular formula is C12H16N2O2. The van der Waals surface area contributed by atoms with Crippen LogP contribution in [0.25, 0.3) is 0 Å². The lowest BCUT2D eigenvalue weighted by atomic mass is 10.0. The Morgan fingerprint density at radius 2 is 2.25 bits per heavy atom. The molecule has 3 N–H and O–H groups in total. The minimum Gasteiger partial charge on any atom is -0.504 e. The molecule has 86 valence electrons. The van der Waals surface area contributed by atoms with Crippen molar-refractivity contribution in [1.82, 2.24) is 0 Å². The fourth-order valence-electron chi connectivity index (χ4n) is 1.54. The number of nitriles is 1. The second kappa shape index (κ2) is 5.38. The Balaban J connectivity index is 3.22. The van der Waals surface area contributed by atoms with E-state index in [2.05, 4.69) is 0 Å². The Labute approximate surface area is 95.3 Å². The second-order valence-corrected chi connectivity index (χ2v) is 3.76. The van der Waals surface area contributed by atoms with Gasteiger partial charge in [-0.2, -0.15) is 0 Å². The van der Waals surface area contributed by atoms with Crippen LogP contribution in [0.2, 0.25) is 0 Å². The first kappa shape index (κ1) is 12.3. The maximum Gasteiger partial charge on any atom is 0.292 e. The van der Waals surface area contributed by atoms with E-state index in [0.29, 0.717) is 0 Å². The van der Waals surface area contributed by atoms with Gasteiger partial charge >= 0.3 is 0 Å². The van der Waals surface area contributed by atoms with Crippen LogP contribution in [-0.4, -0.2) is 5.11 Å². The van der Waals surface area contributed by atoms with Crippen molar-refractivity contribution >= 4 is 0 Å². The van der Waals surface area contributed by atoms with Gasteiger partial charge in [-0.05, 0) is 30.5 Å². The van der Waals surface area contributed by atoms with Gasteiger partial charge in [-0.3, -0.25) is 0 Å². The molecule has 1 atom stereocenters. The monoisotopic (exact) mass is 220 g/mol. The topological polar surface area (TPSA) is 79.3 Å². The molecule has 0 aromatic heterocycles.